The first-order valence-corrected chi connectivity index (χ1v) is 8.23. The third-order valence-electron chi connectivity index (χ3n) is 2.93. The predicted octanol–water partition coefficient (Wildman–Crippen LogP) is 2.33. The number of aryl methyl sites for hydroxylation is 1. The Kier molecular flexibility index (Phi) is 4.91. The highest BCUT2D eigenvalue weighted by molar-refractivity contribution is 7.10. The van der Waals surface area contributed by atoms with Crippen LogP contribution in [0.2, 0.25) is 0 Å². The summed E-state index contributed by atoms with van der Waals surface area (Å²) in [4.78, 5) is 17.1. The molecule has 1 amide bonds. The van der Waals surface area contributed by atoms with Gasteiger partial charge in [-0.25, -0.2) is 4.98 Å². The number of thiophene rings is 1. The molecule has 0 radical (unpaired) electrons. The van der Waals surface area contributed by atoms with Crippen molar-refractivity contribution in [3.05, 3.63) is 38.5 Å². The highest BCUT2D eigenvalue weighted by Gasteiger charge is 2.24. The lowest BCUT2D eigenvalue weighted by molar-refractivity contribution is -0.121. The minimum Gasteiger partial charge on any atom is -0.383 e. The number of carbonyl (C=O) groups is 1. The van der Waals surface area contributed by atoms with Crippen LogP contribution in [-0.4, -0.2) is 22.5 Å². The SMILES string of the molecule is CCc1nc(CC(=O)NCC(C)(O)c2cccs2)cs1. The van der Waals surface area contributed by atoms with Crippen LogP contribution in [-0.2, 0) is 23.2 Å². The Hall–Kier alpha value is -1.24. The van der Waals surface area contributed by atoms with E-state index < -0.39 is 5.60 Å². The normalized spacial score (nSPS) is 13.9. The fourth-order valence-corrected chi connectivity index (χ4v) is 3.29. The summed E-state index contributed by atoms with van der Waals surface area (Å²) in [5, 5.41) is 17.9. The first-order chi connectivity index (χ1) is 9.51. The van der Waals surface area contributed by atoms with E-state index in [-0.39, 0.29) is 18.9 Å². The van der Waals surface area contributed by atoms with E-state index in [0.29, 0.717) is 0 Å². The van der Waals surface area contributed by atoms with Crippen molar-refractivity contribution in [1.29, 1.82) is 0 Å². The van der Waals surface area contributed by atoms with Crippen LogP contribution in [0.5, 0.6) is 0 Å². The van der Waals surface area contributed by atoms with Crippen LogP contribution in [0.1, 0.15) is 29.4 Å². The first-order valence-electron chi connectivity index (χ1n) is 6.47. The zero-order chi connectivity index (χ0) is 14.6. The summed E-state index contributed by atoms with van der Waals surface area (Å²) in [7, 11) is 0. The number of hydrogen-bond acceptors (Lipinski definition) is 5. The van der Waals surface area contributed by atoms with Gasteiger partial charge in [0, 0.05) is 10.3 Å². The van der Waals surface area contributed by atoms with Gasteiger partial charge in [-0.2, -0.15) is 0 Å². The second kappa shape index (κ2) is 6.47. The molecule has 6 heteroatoms. The molecule has 2 N–H and O–H groups in total. The smallest absolute Gasteiger partial charge is 0.226 e. The molecule has 0 aliphatic rings. The van der Waals surface area contributed by atoms with Gasteiger partial charge in [-0.15, -0.1) is 22.7 Å². The Labute approximate surface area is 126 Å². The summed E-state index contributed by atoms with van der Waals surface area (Å²) in [6, 6.07) is 3.75. The molecule has 0 aromatic carbocycles. The molecule has 0 bridgehead atoms. The average Bonchev–Trinajstić information content (AvgIpc) is 3.07. The third-order valence-corrected chi connectivity index (χ3v) is 5.09. The summed E-state index contributed by atoms with van der Waals surface area (Å²) in [6.45, 7) is 3.95. The van der Waals surface area contributed by atoms with Crippen molar-refractivity contribution in [1.82, 2.24) is 10.3 Å². The van der Waals surface area contributed by atoms with E-state index in [1.807, 2.05) is 29.8 Å². The van der Waals surface area contributed by atoms with Crippen molar-refractivity contribution in [3.8, 4) is 0 Å². The first kappa shape index (κ1) is 15.2. The molecule has 0 saturated carbocycles. The third kappa shape index (κ3) is 3.88. The van der Waals surface area contributed by atoms with E-state index >= 15 is 0 Å². The second-order valence-electron chi connectivity index (χ2n) is 4.79. The monoisotopic (exact) mass is 310 g/mol. The van der Waals surface area contributed by atoms with Gasteiger partial charge in [-0.3, -0.25) is 4.79 Å². The van der Waals surface area contributed by atoms with Crippen molar-refractivity contribution in [3.63, 3.8) is 0 Å². The standard InChI is InChI=1S/C14H18N2O2S2/c1-3-13-16-10(8-20-13)7-12(17)15-9-14(2,18)11-5-4-6-19-11/h4-6,8,18H,3,7,9H2,1-2H3,(H,15,17). The molecular formula is C14H18N2O2S2. The number of nitrogens with zero attached hydrogens (tertiary/aromatic N) is 1. The molecule has 0 fully saturated rings. The molecule has 2 aromatic heterocycles. The van der Waals surface area contributed by atoms with E-state index in [1.165, 1.54) is 11.3 Å². The van der Waals surface area contributed by atoms with Crippen molar-refractivity contribution in [2.24, 2.45) is 0 Å². The van der Waals surface area contributed by atoms with Crippen molar-refractivity contribution in [2.75, 3.05) is 6.54 Å². The van der Waals surface area contributed by atoms with E-state index in [9.17, 15) is 9.90 Å². The van der Waals surface area contributed by atoms with Gasteiger partial charge in [-0.1, -0.05) is 13.0 Å². The van der Waals surface area contributed by atoms with Gasteiger partial charge in [0.2, 0.25) is 5.91 Å². The van der Waals surface area contributed by atoms with Gasteiger partial charge < -0.3 is 10.4 Å². The Morgan fingerprint density at radius 3 is 2.90 bits per heavy atom. The Bertz CT molecular complexity index is 562. The van der Waals surface area contributed by atoms with Crippen LogP contribution < -0.4 is 5.32 Å². The molecule has 0 saturated heterocycles. The van der Waals surface area contributed by atoms with Gasteiger partial charge in [0.1, 0.15) is 5.60 Å². The second-order valence-corrected chi connectivity index (χ2v) is 6.68. The lowest BCUT2D eigenvalue weighted by Gasteiger charge is -2.22. The largest absolute Gasteiger partial charge is 0.383 e. The number of carbonyl (C=O) groups excluding carboxylic acids is 1. The van der Waals surface area contributed by atoms with Crippen LogP contribution >= 0.6 is 22.7 Å². The maximum atomic E-state index is 11.9. The summed E-state index contributed by atoms with van der Waals surface area (Å²) in [5.41, 5.74) is -0.236. The van der Waals surface area contributed by atoms with Gasteiger partial charge in [0.15, 0.2) is 0 Å². The fourth-order valence-electron chi connectivity index (χ4n) is 1.76. The van der Waals surface area contributed by atoms with E-state index in [4.69, 9.17) is 0 Å². The maximum Gasteiger partial charge on any atom is 0.226 e. The Morgan fingerprint density at radius 1 is 1.50 bits per heavy atom. The molecule has 1 atom stereocenters. The van der Waals surface area contributed by atoms with Gasteiger partial charge >= 0.3 is 0 Å². The van der Waals surface area contributed by atoms with Crippen LogP contribution in [0.3, 0.4) is 0 Å². The van der Waals surface area contributed by atoms with Crippen LogP contribution in [0.4, 0.5) is 0 Å². The van der Waals surface area contributed by atoms with Crippen molar-refractivity contribution >= 4 is 28.6 Å². The Morgan fingerprint density at radius 2 is 2.30 bits per heavy atom. The summed E-state index contributed by atoms with van der Waals surface area (Å²) in [6.07, 6.45) is 1.15. The molecule has 1 unspecified atom stereocenters. The molecule has 0 spiro atoms. The zero-order valence-corrected chi connectivity index (χ0v) is 13.2. The fraction of sp³-hybridized carbons (Fsp3) is 0.429. The lowest BCUT2D eigenvalue weighted by Crippen LogP contribution is -2.38. The van der Waals surface area contributed by atoms with Crippen LogP contribution in [0.25, 0.3) is 0 Å². The topological polar surface area (TPSA) is 62.2 Å². The molecule has 0 aliphatic heterocycles. The lowest BCUT2D eigenvalue weighted by atomic mass is 10.1. The Balaban J connectivity index is 1.86. The number of aromatic nitrogens is 1. The minimum atomic E-state index is -1.03. The molecule has 0 aliphatic carbocycles. The quantitative estimate of drug-likeness (QED) is 0.861. The molecular weight excluding hydrogens is 292 g/mol. The summed E-state index contributed by atoms with van der Waals surface area (Å²) in [5.74, 6) is -0.116. The molecule has 2 heterocycles. The minimum absolute atomic E-state index is 0.116. The molecule has 4 nitrogen and oxygen atoms in total. The van der Waals surface area contributed by atoms with Crippen molar-refractivity contribution in [2.45, 2.75) is 32.3 Å². The molecule has 2 aromatic rings. The number of amides is 1. The maximum absolute atomic E-state index is 11.9. The van der Waals surface area contributed by atoms with Gasteiger partial charge in [0.25, 0.3) is 0 Å². The van der Waals surface area contributed by atoms with Crippen LogP contribution in [0, 0.1) is 0 Å². The average molecular weight is 310 g/mol. The number of rotatable bonds is 6. The number of aliphatic hydroxyl groups is 1. The zero-order valence-electron chi connectivity index (χ0n) is 11.5. The van der Waals surface area contributed by atoms with E-state index in [0.717, 1.165) is 22.0 Å². The summed E-state index contributed by atoms with van der Waals surface area (Å²) >= 11 is 3.05. The molecule has 20 heavy (non-hydrogen) atoms. The number of hydrogen-bond donors (Lipinski definition) is 2. The predicted molar refractivity (Wildman–Crippen MR) is 82.1 cm³/mol. The number of thiazole rings is 1. The van der Waals surface area contributed by atoms with Crippen LogP contribution in [0.15, 0.2) is 22.9 Å². The number of nitrogens with one attached hydrogen (secondary N) is 1. The highest BCUT2D eigenvalue weighted by atomic mass is 32.1. The van der Waals surface area contributed by atoms with Gasteiger partial charge in [0.05, 0.1) is 23.7 Å². The summed E-state index contributed by atoms with van der Waals surface area (Å²) < 4.78 is 0. The molecule has 2 rings (SSSR count). The van der Waals surface area contributed by atoms with E-state index in [2.05, 4.69) is 10.3 Å². The molecule has 108 valence electrons. The van der Waals surface area contributed by atoms with E-state index in [1.54, 1.807) is 18.3 Å². The van der Waals surface area contributed by atoms with Gasteiger partial charge in [-0.05, 0) is 24.8 Å². The highest BCUT2D eigenvalue weighted by Crippen LogP contribution is 2.24. The van der Waals surface area contributed by atoms with Crippen molar-refractivity contribution < 1.29 is 9.90 Å².